The lowest BCUT2D eigenvalue weighted by atomic mass is 10.1. The lowest BCUT2D eigenvalue weighted by molar-refractivity contribution is -0.129. The van der Waals surface area contributed by atoms with Crippen molar-refractivity contribution in [1.29, 1.82) is 0 Å². The summed E-state index contributed by atoms with van der Waals surface area (Å²) in [5, 5.41) is 0.637. The molecular formula is C12H16ClN3O2. The van der Waals surface area contributed by atoms with Crippen molar-refractivity contribution in [2.24, 2.45) is 5.73 Å². The van der Waals surface area contributed by atoms with Gasteiger partial charge in [0.05, 0.1) is 6.04 Å². The summed E-state index contributed by atoms with van der Waals surface area (Å²) in [7, 11) is 0. The van der Waals surface area contributed by atoms with E-state index in [9.17, 15) is 9.59 Å². The van der Waals surface area contributed by atoms with Crippen molar-refractivity contribution in [3.8, 4) is 0 Å². The van der Waals surface area contributed by atoms with Crippen LogP contribution in [0.15, 0.2) is 24.3 Å². The van der Waals surface area contributed by atoms with E-state index in [0.717, 1.165) is 5.56 Å². The summed E-state index contributed by atoms with van der Waals surface area (Å²) >= 11 is 5.83. The Morgan fingerprint density at radius 3 is 2.72 bits per heavy atom. The van der Waals surface area contributed by atoms with Crippen LogP contribution >= 0.6 is 11.6 Å². The van der Waals surface area contributed by atoms with Crippen molar-refractivity contribution < 1.29 is 9.59 Å². The Labute approximate surface area is 111 Å². The number of aryl methyl sites for hydroxylation is 1. The van der Waals surface area contributed by atoms with Crippen LogP contribution in [0.2, 0.25) is 5.02 Å². The Bertz CT molecular complexity index is 435. The first-order chi connectivity index (χ1) is 8.49. The number of carbonyl (C=O) groups excluding carboxylic acids is 2. The molecular weight excluding hydrogens is 254 g/mol. The van der Waals surface area contributed by atoms with E-state index in [1.165, 1.54) is 6.92 Å². The number of nitrogens with one attached hydrogen (secondary N) is 2. The maximum absolute atomic E-state index is 11.4. The Hall–Kier alpha value is -1.59. The molecule has 0 saturated carbocycles. The van der Waals surface area contributed by atoms with Gasteiger partial charge in [0.25, 0.3) is 5.91 Å². The van der Waals surface area contributed by atoms with Gasteiger partial charge in [0.1, 0.15) is 0 Å². The van der Waals surface area contributed by atoms with E-state index in [1.54, 1.807) is 12.1 Å². The van der Waals surface area contributed by atoms with E-state index in [0.29, 0.717) is 11.4 Å². The number of carbonyl (C=O) groups is 2. The lowest BCUT2D eigenvalue weighted by Crippen LogP contribution is -2.48. The maximum Gasteiger partial charge on any atom is 0.254 e. The monoisotopic (exact) mass is 269 g/mol. The molecule has 18 heavy (non-hydrogen) atoms. The standard InChI is InChI=1S/C12H16ClN3O2/c1-8(14)12(18)16-15-11(17)6-5-9-3-2-4-10(13)7-9/h2-4,7-8H,5-6,14H2,1H3,(H,15,17)(H,16,18). The van der Waals surface area contributed by atoms with Crippen LogP contribution in [-0.4, -0.2) is 17.9 Å². The third-order valence-electron chi connectivity index (χ3n) is 2.27. The molecule has 98 valence electrons. The number of hydrogen-bond acceptors (Lipinski definition) is 3. The fraction of sp³-hybridized carbons (Fsp3) is 0.333. The van der Waals surface area contributed by atoms with Crippen LogP contribution in [0.1, 0.15) is 18.9 Å². The second-order valence-electron chi connectivity index (χ2n) is 3.96. The highest BCUT2D eigenvalue weighted by atomic mass is 35.5. The molecule has 2 amide bonds. The van der Waals surface area contributed by atoms with Crippen LogP contribution in [-0.2, 0) is 16.0 Å². The Morgan fingerprint density at radius 1 is 1.39 bits per heavy atom. The Kier molecular flexibility index (Phi) is 5.61. The summed E-state index contributed by atoms with van der Waals surface area (Å²) in [6.45, 7) is 1.54. The van der Waals surface area contributed by atoms with Gasteiger partial charge in [-0.1, -0.05) is 23.7 Å². The summed E-state index contributed by atoms with van der Waals surface area (Å²) in [6.07, 6.45) is 0.819. The van der Waals surface area contributed by atoms with Crippen LogP contribution in [0.25, 0.3) is 0 Å². The van der Waals surface area contributed by atoms with Crippen molar-refractivity contribution >= 4 is 23.4 Å². The van der Waals surface area contributed by atoms with Gasteiger partial charge < -0.3 is 5.73 Å². The maximum atomic E-state index is 11.4. The van der Waals surface area contributed by atoms with E-state index in [-0.39, 0.29) is 12.3 Å². The second-order valence-corrected chi connectivity index (χ2v) is 4.39. The van der Waals surface area contributed by atoms with Crippen molar-refractivity contribution in [3.63, 3.8) is 0 Å². The average molecular weight is 270 g/mol. The van der Waals surface area contributed by atoms with Crippen LogP contribution < -0.4 is 16.6 Å². The van der Waals surface area contributed by atoms with Gasteiger partial charge in [-0.25, -0.2) is 0 Å². The van der Waals surface area contributed by atoms with Crippen LogP contribution in [0.4, 0.5) is 0 Å². The molecule has 1 aromatic carbocycles. The molecule has 0 aliphatic heterocycles. The average Bonchev–Trinajstić information content (AvgIpc) is 2.33. The number of hydrazine groups is 1. The number of rotatable bonds is 4. The zero-order valence-electron chi connectivity index (χ0n) is 10.1. The zero-order chi connectivity index (χ0) is 13.5. The smallest absolute Gasteiger partial charge is 0.254 e. The van der Waals surface area contributed by atoms with Gasteiger partial charge in [0.2, 0.25) is 5.91 Å². The predicted octanol–water partition coefficient (Wildman–Crippen LogP) is 0.767. The van der Waals surface area contributed by atoms with E-state index in [4.69, 9.17) is 17.3 Å². The molecule has 0 fully saturated rings. The molecule has 5 nitrogen and oxygen atoms in total. The number of benzene rings is 1. The Morgan fingerprint density at radius 2 is 2.11 bits per heavy atom. The fourth-order valence-corrected chi connectivity index (χ4v) is 1.47. The van der Waals surface area contributed by atoms with E-state index >= 15 is 0 Å². The SMILES string of the molecule is CC(N)C(=O)NNC(=O)CCc1cccc(Cl)c1. The van der Waals surface area contributed by atoms with Crippen LogP contribution in [0.5, 0.6) is 0 Å². The first kappa shape index (κ1) is 14.5. The van der Waals surface area contributed by atoms with Crippen molar-refractivity contribution in [1.82, 2.24) is 10.9 Å². The largest absolute Gasteiger partial charge is 0.320 e. The minimum Gasteiger partial charge on any atom is -0.320 e. The van der Waals surface area contributed by atoms with E-state index < -0.39 is 11.9 Å². The van der Waals surface area contributed by atoms with Crippen LogP contribution in [0, 0.1) is 0 Å². The highest BCUT2D eigenvalue weighted by molar-refractivity contribution is 6.30. The summed E-state index contributed by atoms with van der Waals surface area (Å²) < 4.78 is 0. The zero-order valence-corrected chi connectivity index (χ0v) is 10.8. The first-order valence-corrected chi connectivity index (χ1v) is 5.95. The van der Waals surface area contributed by atoms with Gasteiger partial charge in [0.15, 0.2) is 0 Å². The van der Waals surface area contributed by atoms with Gasteiger partial charge in [-0.05, 0) is 31.0 Å². The lowest BCUT2D eigenvalue weighted by Gasteiger charge is -2.09. The minimum absolute atomic E-state index is 0.263. The molecule has 0 heterocycles. The quantitative estimate of drug-likeness (QED) is 0.706. The van der Waals surface area contributed by atoms with Crippen molar-refractivity contribution in [2.45, 2.75) is 25.8 Å². The summed E-state index contributed by atoms with van der Waals surface area (Å²) in [4.78, 5) is 22.5. The molecule has 0 spiro atoms. The molecule has 1 atom stereocenters. The topological polar surface area (TPSA) is 84.2 Å². The summed E-state index contributed by atoms with van der Waals surface area (Å²) in [6, 6.07) is 6.63. The third kappa shape index (κ3) is 5.16. The molecule has 0 bridgehead atoms. The first-order valence-electron chi connectivity index (χ1n) is 5.58. The molecule has 1 rings (SSSR count). The molecule has 4 N–H and O–H groups in total. The third-order valence-corrected chi connectivity index (χ3v) is 2.50. The molecule has 1 unspecified atom stereocenters. The van der Waals surface area contributed by atoms with Gasteiger partial charge >= 0.3 is 0 Å². The van der Waals surface area contributed by atoms with Gasteiger partial charge in [-0.15, -0.1) is 0 Å². The highest BCUT2D eigenvalue weighted by Gasteiger charge is 2.08. The molecule has 0 aromatic heterocycles. The van der Waals surface area contributed by atoms with E-state index in [2.05, 4.69) is 10.9 Å². The number of halogens is 1. The van der Waals surface area contributed by atoms with Gasteiger partial charge in [-0.3, -0.25) is 20.4 Å². The molecule has 0 radical (unpaired) electrons. The van der Waals surface area contributed by atoms with Gasteiger partial charge in [0, 0.05) is 11.4 Å². The van der Waals surface area contributed by atoms with E-state index in [1.807, 2.05) is 12.1 Å². The molecule has 0 aliphatic carbocycles. The normalized spacial score (nSPS) is 11.7. The molecule has 6 heteroatoms. The van der Waals surface area contributed by atoms with Gasteiger partial charge in [-0.2, -0.15) is 0 Å². The van der Waals surface area contributed by atoms with Crippen molar-refractivity contribution in [3.05, 3.63) is 34.9 Å². The highest BCUT2D eigenvalue weighted by Crippen LogP contribution is 2.11. The number of amides is 2. The molecule has 1 aromatic rings. The fourth-order valence-electron chi connectivity index (χ4n) is 1.26. The second kappa shape index (κ2) is 6.98. The summed E-state index contributed by atoms with van der Waals surface area (Å²) in [5.74, 6) is -0.699. The van der Waals surface area contributed by atoms with Crippen LogP contribution in [0.3, 0.4) is 0 Å². The van der Waals surface area contributed by atoms with Crippen molar-refractivity contribution in [2.75, 3.05) is 0 Å². The minimum atomic E-state index is -0.654. The predicted molar refractivity (Wildman–Crippen MR) is 69.7 cm³/mol. The number of hydrogen-bond donors (Lipinski definition) is 3. The molecule has 0 aliphatic rings. The Balaban J connectivity index is 2.31. The number of nitrogens with two attached hydrogens (primary N) is 1. The summed E-state index contributed by atoms with van der Waals surface area (Å²) in [5.41, 5.74) is 10.8. The molecule has 0 saturated heterocycles.